The zero-order valence-electron chi connectivity index (χ0n) is 27.2. The number of nitrogens with zero attached hydrogens (tertiary/aromatic N) is 2. The second-order valence-electron chi connectivity index (χ2n) is 11.4. The number of hydrogen-bond acceptors (Lipinski definition) is 7. The molecule has 0 spiro atoms. The van der Waals surface area contributed by atoms with Crippen molar-refractivity contribution in [3.63, 3.8) is 0 Å². The van der Waals surface area contributed by atoms with E-state index in [9.17, 15) is 9.59 Å². The minimum absolute atomic E-state index is 0.249. The molecular formula is C33H64N2O6. The molecular weight excluding hydrogens is 520 g/mol. The summed E-state index contributed by atoms with van der Waals surface area (Å²) in [5.74, 6) is -0.249. The van der Waals surface area contributed by atoms with E-state index < -0.39 is 0 Å². The van der Waals surface area contributed by atoms with Crippen LogP contribution in [-0.2, 0) is 23.7 Å². The van der Waals surface area contributed by atoms with E-state index in [0.29, 0.717) is 39.3 Å². The van der Waals surface area contributed by atoms with Crippen LogP contribution in [0.25, 0.3) is 0 Å². The zero-order chi connectivity index (χ0) is 30.0. The highest BCUT2D eigenvalue weighted by Crippen LogP contribution is 2.17. The molecule has 242 valence electrons. The van der Waals surface area contributed by atoms with Crippen molar-refractivity contribution >= 4 is 12.1 Å². The molecule has 1 heterocycles. The Hall–Kier alpha value is -1.38. The number of carbonyl (C=O) groups is 2. The zero-order valence-corrected chi connectivity index (χ0v) is 27.2. The van der Waals surface area contributed by atoms with E-state index in [1.54, 1.807) is 4.90 Å². The molecule has 0 saturated carbocycles. The fourth-order valence-corrected chi connectivity index (χ4v) is 5.17. The van der Waals surface area contributed by atoms with Crippen molar-refractivity contribution < 1.29 is 28.5 Å². The molecule has 1 amide bonds. The second kappa shape index (κ2) is 26.3. The molecule has 0 aromatic rings. The molecule has 1 saturated heterocycles. The van der Waals surface area contributed by atoms with Crippen molar-refractivity contribution in [1.82, 2.24) is 9.80 Å². The Bertz CT molecular complexity index is 613. The summed E-state index contributed by atoms with van der Waals surface area (Å²) in [4.78, 5) is 29.2. The van der Waals surface area contributed by atoms with Crippen molar-refractivity contribution in [3.05, 3.63) is 0 Å². The van der Waals surface area contributed by atoms with Gasteiger partial charge in [-0.1, -0.05) is 91.9 Å². The van der Waals surface area contributed by atoms with Crippen LogP contribution < -0.4 is 0 Å². The maximum absolute atomic E-state index is 12.7. The predicted octanol–water partition coefficient (Wildman–Crippen LogP) is 7.72. The molecule has 0 unspecified atom stereocenters. The molecule has 1 rings (SSSR count). The molecule has 0 aromatic heterocycles. The summed E-state index contributed by atoms with van der Waals surface area (Å²) >= 11 is 0. The summed E-state index contributed by atoms with van der Waals surface area (Å²) in [6.07, 6.45) is 16.7. The Balaban J connectivity index is 2.37. The quantitative estimate of drug-likeness (QED) is 0.0585. The number of rotatable bonds is 26. The summed E-state index contributed by atoms with van der Waals surface area (Å²) in [5, 5.41) is 0. The first-order valence-corrected chi connectivity index (χ1v) is 17.1. The first kappa shape index (κ1) is 37.6. The van der Waals surface area contributed by atoms with E-state index in [-0.39, 0.29) is 30.9 Å². The first-order valence-electron chi connectivity index (χ1n) is 17.1. The lowest BCUT2D eigenvalue weighted by atomic mass is 10.1. The van der Waals surface area contributed by atoms with Crippen molar-refractivity contribution in [3.8, 4) is 0 Å². The van der Waals surface area contributed by atoms with E-state index in [4.69, 9.17) is 18.9 Å². The monoisotopic (exact) mass is 584 g/mol. The number of hydrogen-bond donors (Lipinski definition) is 0. The van der Waals surface area contributed by atoms with Gasteiger partial charge in [-0.3, -0.25) is 4.79 Å². The third-order valence-electron chi connectivity index (χ3n) is 7.86. The van der Waals surface area contributed by atoms with Crippen molar-refractivity contribution in [2.75, 3.05) is 52.5 Å². The molecule has 1 atom stereocenters. The third-order valence-corrected chi connectivity index (χ3v) is 7.86. The molecule has 1 aliphatic rings. The van der Waals surface area contributed by atoms with Crippen LogP contribution in [0.2, 0.25) is 0 Å². The minimum atomic E-state index is -0.372. The summed E-state index contributed by atoms with van der Waals surface area (Å²) in [7, 11) is 0. The molecule has 41 heavy (non-hydrogen) atoms. The van der Waals surface area contributed by atoms with Gasteiger partial charge in [-0.05, 0) is 45.2 Å². The number of unbranched alkanes of at least 4 members (excludes halogenated alkanes) is 10. The molecule has 0 aromatic carbocycles. The second-order valence-corrected chi connectivity index (χ2v) is 11.4. The van der Waals surface area contributed by atoms with E-state index in [2.05, 4.69) is 32.6 Å². The molecule has 0 radical (unpaired) electrons. The van der Waals surface area contributed by atoms with Gasteiger partial charge in [0.15, 0.2) is 6.29 Å². The third kappa shape index (κ3) is 20.2. The largest absolute Gasteiger partial charge is 0.460 e. The molecule has 1 fully saturated rings. The smallest absolute Gasteiger partial charge is 0.409 e. The number of piperidine rings is 1. The maximum Gasteiger partial charge on any atom is 0.409 e. The Morgan fingerprint density at radius 3 is 1.95 bits per heavy atom. The van der Waals surface area contributed by atoms with Gasteiger partial charge in [-0.15, -0.1) is 0 Å². The number of likely N-dealkylation sites (tertiary alicyclic amines) is 1. The van der Waals surface area contributed by atoms with Gasteiger partial charge in [0.25, 0.3) is 0 Å². The van der Waals surface area contributed by atoms with Crippen LogP contribution in [0.15, 0.2) is 0 Å². The number of amides is 1. The van der Waals surface area contributed by atoms with Gasteiger partial charge in [0.05, 0.1) is 19.6 Å². The Kier molecular flexibility index (Phi) is 24.1. The van der Waals surface area contributed by atoms with Gasteiger partial charge in [0, 0.05) is 32.7 Å². The number of ether oxygens (including phenoxy) is 4. The summed E-state index contributed by atoms with van der Waals surface area (Å²) in [6, 6.07) is 0. The van der Waals surface area contributed by atoms with Crippen LogP contribution in [0.5, 0.6) is 0 Å². The highest BCUT2D eigenvalue weighted by atomic mass is 16.7. The fourth-order valence-electron chi connectivity index (χ4n) is 5.17. The van der Waals surface area contributed by atoms with Crippen molar-refractivity contribution in [2.45, 2.75) is 149 Å². The van der Waals surface area contributed by atoms with Crippen LogP contribution >= 0.6 is 0 Å². The molecule has 0 N–H and O–H groups in total. The van der Waals surface area contributed by atoms with E-state index >= 15 is 0 Å². The summed E-state index contributed by atoms with van der Waals surface area (Å²) < 4.78 is 23.4. The first-order chi connectivity index (χ1) is 20.0. The van der Waals surface area contributed by atoms with Gasteiger partial charge in [0.1, 0.15) is 6.10 Å². The molecule has 8 heteroatoms. The number of carbonyl (C=O) groups excluding carboxylic acids is 2. The van der Waals surface area contributed by atoms with Crippen molar-refractivity contribution in [2.24, 2.45) is 0 Å². The molecule has 1 aliphatic heterocycles. The van der Waals surface area contributed by atoms with E-state index in [1.165, 1.54) is 64.2 Å². The Morgan fingerprint density at radius 1 is 0.780 bits per heavy atom. The lowest BCUT2D eigenvalue weighted by molar-refractivity contribution is -0.163. The average Bonchev–Trinajstić information content (AvgIpc) is 2.98. The van der Waals surface area contributed by atoms with Gasteiger partial charge in [0.2, 0.25) is 0 Å². The van der Waals surface area contributed by atoms with Crippen LogP contribution in [0, 0.1) is 0 Å². The average molecular weight is 585 g/mol. The lowest BCUT2D eigenvalue weighted by Gasteiger charge is -2.31. The van der Waals surface area contributed by atoms with Gasteiger partial charge < -0.3 is 28.7 Å². The molecule has 0 bridgehead atoms. The van der Waals surface area contributed by atoms with Crippen molar-refractivity contribution in [1.29, 1.82) is 0 Å². The Labute approximate surface area is 252 Å². The number of esters is 1. The van der Waals surface area contributed by atoms with E-state index in [0.717, 1.165) is 51.7 Å². The van der Waals surface area contributed by atoms with Crippen LogP contribution in [0.1, 0.15) is 137 Å². The van der Waals surface area contributed by atoms with Gasteiger partial charge in [-0.2, -0.15) is 0 Å². The van der Waals surface area contributed by atoms with Crippen LogP contribution in [-0.4, -0.2) is 86.8 Å². The Morgan fingerprint density at radius 2 is 1.37 bits per heavy atom. The fraction of sp³-hybridized carbons (Fsp3) is 0.939. The van der Waals surface area contributed by atoms with Crippen LogP contribution in [0.3, 0.4) is 0 Å². The minimum Gasteiger partial charge on any atom is -0.460 e. The standard InChI is InChI=1S/C33H64N2O6/c1-5-9-11-13-15-17-26-38-32(39-27-18-16-14-12-10-6-2)23-22-31(36)41-30-21-19-25-35(29-30)33(37)40-28-20-24-34(7-3)8-4/h30,32H,5-29H2,1-4H3/t30-/m0/s1. The highest BCUT2D eigenvalue weighted by Gasteiger charge is 2.27. The topological polar surface area (TPSA) is 77.5 Å². The maximum atomic E-state index is 12.7. The highest BCUT2D eigenvalue weighted by molar-refractivity contribution is 5.70. The molecule has 8 nitrogen and oxygen atoms in total. The van der Waals surface area contributed by atoms with Crippen LogP contribution in [0.4, 0.5) is 4.79 Å². The van der Waals surface area contributed by atoms with Gasteiger partial charge in [-0.25, -0.2) is 4.79 Å². The lowest BCUT2D eigenvalue weighted by Crippen LogP contribution is -2.44. The predicted molar refractivity (Wildman–Crippen MR) is 166 cm³/mol. The van der Waals surface area contributed by atoms with E-state index in [1.807, 2.05) is 0 Å². The summed E-state index contributed by atoms with van der Waals surface area (Å²) in [5.41, 5.74) is 0. The SMILES string of the molecule is CCCCCCCCOC(CCC(=O)O[C@H]1CCCN(C(=O)OCCCN(CC)CC)C1)OCCCCCCCC. The summed E-state index contributed by atoms with van der Waals surface area (Å²) in [6.45, 7) is 14.4. The molecule has 0 aliphatic carbocycles. The normalized spacial score (nSPS) is 15.6. The van der Waals surface area contributed by atoms with Gasteiger partial charge >= 0.3 is 12.1 Å².